The summed E-state index contributed by atoms with van der Waals surface area (Å²) in [6, 6.07) is 11.2. The number of nitrogens with zero attached hydrogens (tertiary/aromatic N) is 2. The van der Waals surface area contributed by atoms with Crippen LogP contribution in [-0.4, -0.2) is 42.1 Å². The number of anilines is 1. The molecule has 110 valence electrons. The highest BCUT2D eigenvalue weighted by atomic mass is 16.6. The molecule has 0 aliphatic heterocycles. The number of para-hydroxylation sites is 1. The Hall–Kier alpha value is -2.63. The largest absolute Gasteiger partial charge is 0.450 e. The van der Waals surface area contributed by atoms with Crippen molar-refractivity contribution in [2.24, 2.45) is 0 Å². The van der Waals surface area contributed by atoms with Crippen molar-refractivity contribution in [3.63, 3.8) is 0 Å². The first-order valence-electron chi connectivity index (χ1n) is 6.63. The molecular formula is C15H17N3O3. The molecule has 0 saturated carbocycles. The van der Waals surface area contributed by atoms with Crippen LogP contribution in [0.4, 0.5) is 10.6 Å². The van der Waals surface area contributed by atoms with E-state index in [0.29, 0.717) is 5.82 Å². The third-order valence-electron chi connectivity index (χ3n) is 2.83. The van der Waals surface area contributed by atoms with Crippen LogP contribution in [0.3, 0.4) is 0 Å². The number of carbonyl (C=O) groups is 2. The Bertz CT molecular complexity index is 657. The fourth-order valence-electron chi connectivity index (χ4n) is 1.83. The molecule has 0 aliphatic rings. The summed E-state index contributed by atoms with van der Waals surface area (Å²) in [5.41, 5.74) is 0.800. The maximum Gasteiger partial charge on any atom is 0.409 e. The van der Waals surface area contributed by atoms with Crippen LogP contribution in [0, 0.1) is 0 Å². The molecule has 1 aromatic carbocycles. The van der Waals surface area contributed by atoms with Gasteiger partial charge in [0.15, 0.2) is 0 Å². The predicted molar refractivity (Wildman–Crippen MR) is 80.0 cm³/mol. The molecule has 0 fully saturated rings. The number of carbonyl (C=O) groups excluding carboxylic acids is 2. The zero-order chi connectivity index (χ0) is 15.2. The summed E-state index contributed by atoms with van der Waals surface area (Å²) in [5, 5.41) is 3.66. The fraction of sp³-hybridized carbons (Fsp3) is 0.267. The van der Waals surface area contributed by atoms with Crippen LogP contribution in [0.2, 0.25) is 0 Å². The van der Waals surface area contributed by atoms with Gasteiger partial charge in [-0.15, -0.1) is 0 Å². The summed E-state index contributed by atoms with van der Waals surface area (Å²) >= 11 is 0. The van der Waals surface area contributed by atoms with Gasteiger partial charge in [0.25, 0.3) is 0 Å². The summed E-state index contributed by atoms with van der Waals surface area (Å²) < 4.78 is 4.80. The van der Waals surface area contributed by atoms with Crippen molar-refractivity contribution in [3.8, 4) is 0 Å². The summed E-state index contributed by atoms with van der Waals surface area (Å²) in [5.74, 6) is 0.129. The molecule has 0 radical (unpaired) electrons. The quantitative estimate of drug-likeness (QED) is 0.936. The van der Waals surface area contributed by atoms with E-state index in [4.69, 9.17) is 4.74 Å². The first kappa shape index (κ1) is 14.8. The van der Waals surface area contributed by atoms with E-state index in [1.54, 1.807) is 13.0 Å². The van der Waals surface area contributed by atoms with Crippen LogP contribution in [0.25, 0.3) is 10.9 Å². The molecule has 1 N–H and O–H groups in total. The van der Waals surface area contributed by atoms with Crippen LogP contribution in [0.1, 0.15) is 6.92 Å². The van der Waals surface area contributed by atoms with Crippen molar-refractivity contribution >= 4 is 28.7 Å². The second-order valence-electron chi connectivity index (χ2n) is 4.49. The SMILES string of the molecule is CCOC(=O)N(C)CC(=O)Nc1ccc2ccccc2n1. The lowest BCUT2D eigenvalue weighted by atomic mass is 10.2. The number of amides is 2. The first-order chi connectivity index (χ1) is 10.1. The van der Waals surface area contributed by atoms with Gasteiger partial charge in [-0.05, 0) is 25.1 Å². The van der Waals surface area contributed by atoms with E-state index in [1.165, 1.54) is 11.9 Å². The standard InChI is InChI=1S/C15H17N3O3/c1-3-21-15(20)18(2)10-14(19)17-13-9-8-11-6-4-5-7-12(11)16-13/h4-9H,3,10H2,1-2H3,(H,16,17,19). The molecule has 0 atom stereocenters. The lowest BCUT2D eigenvalue weighted by molar-refractivity contribution is -0.116. The Labute approximate surface area is 122 Å². The normalized spacial score (nSPS) is 10.2. The highest BCUT2D eigenvalue weighted by Gasteiger charge is 2.14. The molecule has 2 amide bonds. The van der Waals surface area contributed by atoms with Crippen molar-refractivity contribution in [2.45, 2.75) is 6.92 Å². The minimum absolute atomic E-state index is 0.0899. The molecule has 0 bridgehead atoms. The Morgan fingerprint density at radius 3 is 2.76 bits per heavy atom. The monoisotopic (exact) mass is 287 g/mol. The predicted octanol–water partition coefficient (Wildman–Crippen LogP) is 2.26. The Morgan fingerprint density at radius 2 is 2.00 bits per heavy atom. The van der Waals surface area contributed by atoms with E-state index in [1.807, 2.05) is 30.3 Å². The Balaban J connectivity index is 1.99. The number of pyridine rings is 1. The minimum atomic E-state index is -0.529. The number of rotatable bonds is 4. The molecule has 1 heterocycles. The smallest absolute Gasteiger partial charge is 0.409 e. The molecule has 0 spiro atoms. The van der Waals surface area contributed by atoms with Gasteiger partial charge in [0.05, 0.1) is 12.1 Å². The molecule has 2 aromatic rings. The van der Waals surface area contributed by atoms with Gasteiger partial charge in [-0.2, -0.15) is 0 Å². The van der Waals surface area contributed by atoms with Gasteiger partial charge in [-0.1, -0.05) is 18.2 Å². The lowest BCUT2D eigenvalue weighted by Crippen LogP contribution is -2.35. The average molecular weight is 287 g/mol. The minimum Gasteiger partial charge on any atom is -0.450 e. The van der Waals surface area contributed by atoms with Crippen molar-refractivity contribution in [3.05, 3.63) is 36.4 Å². The lowest BCUT2D eigenvalue weighted by Gasteiger charge is -2.15. The van der Waals surface area contributed by atoms with Gasteiger partial charge < -0.3 is 15.0 Å². The second kappa shape index (κ2) is 6.69. The number of benzene rings is 1. The molecule has 1 aromatic heterocycles. The second-order valence-corrected chi connectivity index (χ2v) is 4.49. The highest BCUT2D eigenvalue weighted by Crippen LogP contribution is 2.14. The van der Waals surface area contributed by atoms with Gasteiger partial charge in [0.1, 0.15) is 12.4 Å². The highest BCUT2D eigenvalue weighted by molar-refractivity contribution is 5.94. The van der Waals surface area contributed by atoms with E-state index in [-0.39, 0.29) is 19.1 Å². The number of likely N-dealkylation sites (N-methyl/N-ethyl adjacent to an activating group) is 1. The van der Waals surface area contributed by atoms with E-state index in [0.717, 1.165) is 10.9 Å². The van der Waals surface area contributed by atoms with Gasteiger partial charge in [-0.25, -0.2) is 9.78 Å². The summed E-state index contributed by atoms with van der Waals surface area (Å²) in [7, 11) is 1.51. The van der Waals surface area contributed by atoms with Crippen molar-refractivity contribution in [1.82, 2.24) is 9.88 Å². The number of ether oxygens (including phenoxy) is 1. The van der Waals surface area contributed by atoms with Crippen LogP contribution in [-0.2, 0) is 9.53 Å². The van der Waals surface area contributed by atoms with Crippen LogP contribution in [0.5, 0.6) is 0 Å². The molecular weight excluding hydrogens is 270 g/mol. The van der Waals surface area contributed by atoms with Crippen LogP contribution < -0.4 is 5.32 Å². The number of aromatic nitrogens is 1. The van der Waals surface area contributed by atoms with E-state index >= 15 is 0 Å². The molecule has 0 aliphatic carbocycles. The maximum absolute atomic E-state index is 11.9. The van der Waals surface area contributed by atoms with E-state index in [9.17, 15) is 9.59 Å². The Kier molecular flexibility index (Phi) is 4.71. The van der Waals surface area contributed by atoms with Gasteiger partial charge in [0.2, 0.25) is 5.91 Å². The van der Waals surface area contributed by atoms with Gasteiger partial charge in [0, 0.05) is 12.4 Å². The number of nitrogens with one attached hydrogen (secondary N) is 1. The number of fused-ring (bicyclic) bond motifs is 1. The molecule has 0 saturated heterocycles. The Morgan fingerprint density at radius 1 is 1.24 bits per heavy atom. The summed E-state index contributed by atoms with van der Waals surface area (Å²) in [6.45, 7) is 1.90. The van der Waals surface area contributed by atoms with Crippen molar-refractivity contribution in [2.75, 3.05) is 25.5 Å². The maximum atomic E-state index is 11.9. The first-order valence-corrected chi connectivity index (χ1v) is 6.63. The molecule has 0 unspecified atom stereocenters. The summed E-state index contributed by atoms with van der Waals surface area (Å²) in [6.07, 6.45) is -0.529. The molecule has 6 heteroatoms. The number of hydrogen-bond acceptors (Lipinski definition) is 4. The summed E-state index contributed by atoms with van der Waals surface area (Å²) in [4.78, 5) is 28.8. The third-order valence-corrected chi connectivity index (χ3v) is 2.83. The fourth-order valence-corrected chi connectivity index (χ4v) is 1.83. The third kappa shape index (κ3) is 3.92. The van der Waals surface area contributed by atoms with Crippen molar-refractivity contribution < 1.29 is 14.3 Å². The van der Waals surface area contributed by atoms with E-state index in [2.05, 4.69) is 10.3 Å². The zero-order valence-corrected chi connectivity index (χ0v) is 12.0. The molecule has 21 heavy (non-hydrogen) atoms. The van der Waals surface area contributed by atoms with E-state index < -0.39 is 6.09 Å². The van der Waals surface area contributed by atoms with Gasteiger partial charge >= 0.3 is 6.09 Å². The average Bonchev–Trinajstić information content (AvgIpc) is 2.47. The zero-order valence-electron chi connectivity index (χ0n) is 12.0. The molecule has 2 rings (SSSR count). The topological polar surface area (TPSA) is 71.5 Å². The van der Waals surface area contributed by atoms with Crippen LogP contribution >= 0.6 is 0 Å². The molecule has 6 nitrogen and oxygen atoms in total. The van der Waals surface area contributed by atoms with Gasteiger partial charge in [-0.3, -0.25) is 4.79 Å². The number of hydrogen-bond donors (Lipinski definition) is 1. The van der Waals surface area contributed by atoms with Crippen LogP contribution in [0.15, 0.2) is 36.4 Å². The van der Waals surface area contributed by atoms with Crippen molar-refractivity contribution in [1.29, 1.82) is 0 Å².